The van der Waals surface area contributed by atoms with Crippen molar-refractivity contribution in [2.24, 2.45) is 5.92 Å². The van der Waals surface area contributed by atoms with Crippen LogP contribution in [0.25, 0.3) is 0 Å². The molecule has 1 fully saturated rings. The fraction of sp³-hybridized carbons (Fsp3) is 0.692. The summed E-state index contributed by atoms with van der Waals surface area (Å²) in [6, 6.07) is 0. The maximum atomic E-state index is 8.83. The minimum absolute atomic E-state index is 0. The number of aliphatic hydroxyl groups is 1. The quantitative estimate of drug-likeness (QED) is 0.729. The van der Waals surface area contributed by atoms with Crippen molar-refractivity contribution in [1.82, 2.24) is 9.96 Å². The van der Waals surface area contributed by atoms with Gasteiger partial charge < -0.3 is 15.2 Å². The topological polar surface area (TPSA) is 46.9 Å². The molecule has 1 atom stereocenters. The summed E-state index contributed by atoms with van der Waals surface area (Å²) in [6.07, 6.45) is 9.07. The molecule has 1 aliphatic carbocycles. The zero-order valence-electron chi connectivity index (χ0n) is 9.92. The van der Waals surface area contributed by atoms with Gasteiger partial charge in [-0.1, -0.05) is 31.7 Å². The molecule has 4 heteroatoms. The Morgan fingerprint density at radius 3 is 2.18 bits per heavy atom. The number of nitrogens with zero attached hydrogens (tertiary/aromatic N) is 2. The molecule has 1 heterocycles. The Balaban J connectivity index is 0.000000284. The van der Waals surface area contributed by atoms with E-state index in [0.717, 1.165) is 32.6 Å². The minimum atomic E-state index is 0. The molecule has 0 unspecified atom stereocenters. The summed E-state index contributed by atoms with van der Waals surface area (Å²) in [5, 5.41) is 18.8. The van der Waals surface area contributed by atoms with Crippen molar-refractivity contribution in [2.75, 3.05) is 39.8 Å². The first-order valence-electron chi connectivity index (χ1n) is 5.79. The van der Waals surface area contributed by atoms with Gasteiger partial charge in [0.25, 0.3) is 0 Å². The van der Waals surface area contributed by atoms with Crippen LogP contribution in [0.2, 0.25) is 0 Å². The SMILES string of the molecule is C.CN1CCN(O)CC1.OC[C@H]1C=CC=CC1. The Morgan fingerprint density at radius 1 is 1.18 bits per heavy atom. The van der Waals surface area contributed by atoms with Crippen molar-refractivity contribution in [3.05, 3.63) is 24.3 Å². The summed E-state index contributed by atoms with van der Waals surface area (Å²) in [5.41, 5.74) is 0. The lowest BCUT2D eigenvalue weighted by atomic mass is 10.0. The van der Waals surface area contributed by atoms with Gasteiger partial charge in [0.15, 0.2) is 0 Å². The van der Waals surface area contributed by atoms with Gasteiger partial charge in [-0.2, -0.15) is 5.06 Å². The van der Waals surface area contributed by atoms with Crippen molar-refractivity contribution in [1.29, 1.82) is 0 Å². The molecule has 0 spiro atoms. The Kier molecular flexibility index (Phi) is 8.99. The van der Waals surface area contributed by atoms with E-state index in [4.69, 9.17) is 10.3 Å². The summed E-state index contributed by atoms with van der Waals surface area (Å²) >= 11 is 0. The Labute approximate surface area is 105 Å². The molecule has 0 saturated carbocycles. The van der Waals surface area contributed by atoms with Gasteiger partial charge in [0.05, 0.1) is 0 Å². The van der Waals surface area contributed by atoms with Crippen LogP contribution in [-0.2, 0) is 0 Å². The Bertz CT molecular complexity index is 224. The summed E-state index contributed by atoms with van der Waals surface area (Å²) < 4.78 is 0. The molecule has 4 nitrogen and oxygen atoms in total. The first-order valence-corrected chi connectivity index (χ1v) is 5.79. The molecule has 100 valence electrons. The normalized spacial score (nSPS) is 24.8. The zero-order chi connectivity index (χ0) is 11.8. The molecule has 1 aliphatic heterocycles. The van der Waals surface area contributed by atoms with Crippen LogP contribution in [0.1, 0.15) is 13.8 Å². The second-order valence-electron chi connectivity index (χ2n) is 4.25. The third-order valence-electron chi connectivity index (χ3n) is 2.78. The van der Waals surface area contributed by atoms with E-state index in [9.17, 15) is 0 Å². The molecular formula is C13H26N2O2. The molecule has 2 N–H and O–H groups in total. The third-order valence-corrected chi connectivity index (χ3v) is 2.78. The van der Waals surface area contributed by atoms with Crippen molar-refractivity contribution < 1.29 is 10.3 Å². The molecular weight excluding hydrogens is 216 g/mol. The first kappa shape index (κ1) is 16.3. The molecule has 0 aromatic heterocycles. The molecule has 2 rings (SSSR count). The van der Waals surface area contributed by atoms with Gasteiger partial charge in [0.2, 0.25) is 0 Å². The molecule has 0 radical (unpaired) electrons. The largest absolute Gasteiger partial charge is 0.396 e. The minimum Gasteiger partial charge on any atom is -0.396 e. The van der Waals surface area contributed by atoms with E-state index in [0.29, 0.717) is 5.92 Å². The van der Waals surface area contributed by atoms with Gasteiger partial charge in [-0.3, -0.25) is 0 Å². The molecule has 1 saturated heterocycles. The van der Waals surface area contributed by atoms with E-state index in [1.807, 2.05) is 18.2 Å². The van der Waals surface area contributed by atoms with Crippen molar-refractivity contribution >= 4 is 0 Å². The summed E-state index contributed by atoms with van der Waals surface area (Å²) in [7, 11) is 2.06. The number of rotatable bonds is 1. The summed E-state index contributed by atoms with van der Waals surface area (Å²) in [5.74, 6) is 0.375. The molecule has 0 aromatic rings. The summed E-state index contributed by atoms with van der Waals surface area (Å²) in [4.78, 5) is 2.20. The van der Waals surface area contributed by atoms with Gasteiger partial charge in [-0.15, -0.1) is 0 Å². The van der Waals surface area contributed by atoms with Crippen LogP contribution >= 0.6 is 0 Å². The Morgan fingerprint density at radius 2 is 1.82 bits per heavy atom. The van der Waals surface area contributed by atoms with Gasteiger partial charge in [-0.05, 0) is 13.5 Å². The van der Waals surface area contributed by atoms with Crippen molar-refractivity contribution in [2.45, 2.75) is 13.8 Å². The van der Waals surface area contributed by atoms with Crippen LogP contribution in [0.15, 0.2) is 24.3 Å². The van der Waals surface area contributed by atoms with E-state index >= 15 is 0 Å². The smallest absolute Gasteiger partial charge is 0.0496 e. The highest BCUT2D eigenvalue weighted by Crippen LogP contribution is 2.08. The van der Waals surface area contributed by atoms with Crippen LogP contribution in [0.3, 0.4) is 0 Å². The first-order chi connectivity index (χ1) is 7.72. The fourth-order valence-electron chi connectivity index (χ4n) is 1.56. The standard InChI is InChI=1S/C7H10O.C5H12N2O.CH4/c8-6-7-4-2-1-3-5-7;1-6-2-4-7(8)5-3-6;/h1-4,7-8H,5-6H2;8H,2-5H2,1H3;1H4/t7-;;/m0../s1. The lowest BCUT2D eigenvalue weighted by molar-refractivity contribution is -0.114. The average molecular weight is 242 g/mol. The number of hydrogen-bond donors (Lipinski definition) is 2. The Hall–Kier alpha value is -0.680. The van der Waals surface area contributed by atoms with Crippen LogP contribution in [0, 0.1) is 5.92 Å². The van der Waals surface area contributed by atoms with Gasteiger partial charge in [0.1, 0.15) is 0 Å². The highest BCUT2D eigenvalue weighted by molar-refractivity contribution is 5.10. The lowest BCUT2D eigenvalue weighted by Crippen LogP contribution is -2.42. The van der Waals surface area contributed by atoms with Gasteiger partial charge in [0, 0.05) is 38.7 Å². The van der Waals surface area contributed by atoms with Crippen molar-refractivity contribution in [3.8, 4) is 0 Å². The predicted octanol–water partition coefficient (Wildman–Crippen LogP) is 1.37. The summed E-state index contributed by atoms with van der Waals surface area (Å²) in [6.45, 7) is 3.82. The van der Waals surface area contributed by atoms with E-state index in [1.54, 1.807) is 0 Å². The number of hydroxylamine groups is 2. The molecule has 0 bridgehead atoms. The average Bonchev–Trinajstić information content (AvgIpc) is 2.35. The zero-order valence-corrected chi connectivity index (χ0v) is 9.92. The van der Waals surface area contributed by atoms with Gasteiger partial charge >= 0.3 is 0 Å². The fourth-order valence-corrected chi connectivity index (χ4v) is 1.56. The molecule has 0 aromatic carbocycles. The highest BCUT2D eigenvalue weighted by Gasteiger charge is 2.09. The second-order valence-corrected chi connectivity index (χ2v) is 4.25. The lowest BCUT2D eigenvalue weighted by Gasteiger charge is -2.27. The number of aliphatic hydroxyl groups excluding tert-OH is 1. The highest BCUT2D eigenvalue weighted by atomic mass is 16.5. The van der Waals surface area contributed by atoms with E-state index in [2.05, 4.69) is 18.0 Å². The third kappa shape index (κ3) is 7.28. The van der Waals surface area contributed by atoms with Crippen LogP contribution < -0.4 is 0 Å². The molecule has 17 heavy (non-hydrogen) atoms. The molecule has 2 aliphatic rings. The number of allylic oxidation sites excluding steroid dienone is 3. The van der Waals surface area contributed by atoms with E-state index in [1.165, 1.54) is 5.06 Å². The number of likely N-dealkylation sites (N-methyl/N-ethyl adjacent to an activating group) is 1. The van der Waals surface area contributed by atoms with Crippen LogP contribution in [0.5, 0.6) is 0 Å². The second kappa shape index (κ2) is 9.36. The number of hydrogen-bond acceptors (Lipinski definition) is 4. The molecule has 0 amide bonds. The maximum Gasteiger partial charge on any atom is 0.0496 e. The van der Waals surface area contributed by atoms with Gasteiger partial charge in [-0.25, -0.2) is 0 Å². The maximum absolute atomic E-state index is 8.83. The monoisotopic (exact) mass is 242 g/mol. The number of piperazine rings is 1. The van der Waals surface area contributed by atoms with Crippen LogP contribution in [-0.4, -0.2) is 60.1 Å². The van der Waals surface area contributed by atoms with Crippen LogP contribution in [0.4, 0.5) is 0 Å². The van der Waals surface area contributed by atoms with Crippen molar-refractivity contribution in [3.63, 3.8) is 0 Å². The predicted molar refractivity (Wildman–Crippen MR) is 71.1 cm³/mol. The van der Waals surface area contributed by atoms with E-state index in [-0.39, 0.29) is 14.0 Å². The van der Waals surface area contributed by atoms with E-state index < -0.39 is 0 Å².